The van der Waals surface area contributed by atoms with Crippen LogP contribution in [0.2, 0.25) is 5.28 Å². The lowest BCUT2D eigenvalue weighted by Gasteiger charge is -2.10. The summed E-state index contributed by atoms with van der Waals surface area (Å²) in [7, 11) is 0. The summed E-state index contributed by atoms with van der Waals surface area (Å²) in [6.45, 7) is 5.12. The second kappa shape index (κ2) is 7.24. The minimum atomic E-state index is -0.419. The van der Waals surface area contributed by atoms with Crippen LogP contribution in [0.15, 0.2) is 0 Å². The number of nitrogens with zero attached hydrogens (tertiary/aromatic N) is 3. The Morgan fingerprint density at radius 3 is 2.41 bits per heavy atom. The minimum Gasteiger partial charge on any atom is -0.391 e. The van der Waals surface area contributed by atoms with E-state index in [1.165, 1.54) is 0 Å². The van der Waals surface area contributed by atoms with Gasteiger partial charge < -0.3 is 15.7 Å². The molecule has 0 radical (unpaired) electrons. The van der Waals surface area contributed by atoms with Gasteiger partial charge in [0.05, 0.1) is 6.10 Å². The van der Waals surface area contributed by atoms with Gasteiger partial charge in [-0.2, -0.15) is 15.0 Å². The Kier molecular flexibility index (Phi) is 5.93. The third-order valence-corrected chi connectivity index (χ3v) is 2.28. The molecule has 0 aliphatic carbocycles. The Labute approximate surface area is 106 Å². The normalized spacial score (nSPS) is 12.2. The highest BCUT2D eigenvalue weighted by Crippen LogP contribution is 2.09. The summed E-state index contributed by atoms with van der Waals surface area (Å²) in [6, 6.07) is 0. The van der Waals surface area contributed by atoms with Gasteiger partial charge in [0, 0.05) is 13.1 Å². The molecule has 0 bridgehead atoms. The maximum Gasteiger partial charge on any atom is 0.228 e. The van der Waals surface area contributed by atoms with Crippen LogP contribution in [-0.4, -0.2) is 39.3 Å². The summed E-state index contributed by atoms with van der Waals surface area (Å²) in [5.41, 5.74) is 0. The zero-order chi connectivity index (χ0) is 12.7. The first-order valence-corrected chi connectivity index (χ1v) is 6.10. The summed E-state index contributed by atoms with van der Waals surface area (Å²) >= 11 is 5.77. The molecule has 0 aliphatic rings. The number of rotatable bonds is 7. The van der Waals surface area contributed by atoms with Crippen LogP contribution in [0.5, 0.6) is 0 Å². The Balaban J connectivity index is 2.61. The molecule has 0 amide bonds. The van der Waals surface area contributed by atoms with Crippen LogP contribution < -0.4 is 10.6 Å². The van der Waals surface area contributed by atoms with Crippen LogP contribution in [-0.2, 0) is 0 Å². The molecular formula is C10H18ClN5O. The first-order chi connectivity index (χ1) is 8.15. The SMILES string of the molecule is CCCNc1nc(Cl)nc(NCC(O)CC)n1. The van der Waals surface area contributed by atoms with Crippen molar-refractivity contribution in [3.8, 4) is 0 Å². The molecule has 3 N–H and O–H groups in total. The lowest BCUT2D eigenvalue weighted by Crippen LogP contribution is -2.20. The van der Waals surface area contributed by atoms with Crippen molar-refractivity contribution in [2.24, 2.45) is 0 Å². The van der Waals surface area contributed by atoms with E-state index in [0.29, 0.717) is 24.9 Å². The van der Waals surface area contributed by atoms with E-state index in [4.69, 9.17) is 11.6 Å². The average Bonchev–Trinajstić information content (AvgIpc) is 2.32. The highest BCUT2D eigenvalue weighted by atomic mass is 35.5. The maximum absolute atomic E-state index is 9.42. The Hall–Kier alpha value is -1.14. The number of aliphatic hydroxyl groups excluding tert-OH is 1. The second-order valence-electron chi connectivity index (χ2n) is 3.62. The molecule has 1 atom stereocenters. The van der Waals surface area contributed by atoms with Crippen LogP contribution >= 0.6 is 11.6 Å². The summed E-state index contributed by atoms with van der Waals surface area (Å²) in [5, 5.41) is 15.5. The van der Waals surface area contributed by atoms with Crippen LogP contribution in [0.25, 0.3) is 0 Å². The minimum absolute atomic E-state index is 0.132. The molecule has 6 nitrogen and oxygen atoms in total. The van der Waals surface area contributed by atoms with Gasteiger partial charge in [0.15, 0.2) is 0 Å². The first-order valence-electron chi connectivity index (χ1n) is 5.73. The maximum atomic E-state index is 9.42. The Bertz CT molecular complexity index is 349. The molecule has 0 aromatic carbocycles. The van der Waals surface area contributed by atoms with Gasteiger partial charge in [-0.1, -0.05) is 13.8 Å². The second-order valence-corrected chi connectivity index (χ2v) is 3.96. The fraction of sp³-hybridized carbons (Fsp3) is 0.700. The van der Waals surface area contributed by atoms with Gasteiger partial charge in [-0.25, -0.2) is 0 Å². The number of halogens is 1. The predicted molar refractivity (Wildman–Crippen MR) is 68.4 cm³/mol. The molecule has 1 aromatic heterocycles. The third kappa shape index (κ3) is 5.14. The number of anilines is 2. The molecule has 96 valence electrons. The fourth-order valence-electron chi connectivity index (χ4n) is 1.10. The standard InChI is InChI=1S/C10H18ClN5O/c1-3-5-12-9-14-8(11)15-10(16-9)13-6-7(17)4-2/h7,17H,3-6H2,1-2H3,(H2,12,13,14,15,16). The van der Waals surface area contributed by atoms with Crippen molar-refractivity contribution in [3.05, 3.63) is 5.28 Å². The van der Waals surface area contributed by atoms with E-state index < -0.39 is 6.10 Å². The highest BCUT2D eigenvalue weighted by Gasteiger charge is 2.06. The van der Waals surface area contributed by atoms with Crippen molar-refractivity contribution < 1.29 is 5.11 Å². The molecule has 17 heavy (non-hydrogen) atoms. The molecule has 1 rings (SSSR count). The van der Waals surface area contributed by atoms with Gasteiger partial charge in [0.25, 0.3) is 0 Å². The van der Waals surface area contributed by atoms with Crippen LogP contribution in [0, 0.1) is 0 Å². The van der Waals surface area contributed by atoms with E-state index in [1.807, 2.05) is 13.8 Å². The number of nitrogens with one attached hydrogen (secondary N) is 2. The Morgan fingerprint density at radius 1 is 1.18 bits per heavy atom. The van der Waals surface area contributed by atoms with Crippen molar-refractivity contribution >= 4 is 23.5 Å². The average molecular weight is 260 g/mol. The van der Waals surface area contributed by atoms with Gasteiger partial charge in [-0.05, 0) is 24.4 Å². The van der Waals surface area contributed by atoms with Gasteiger partial charge in [-0.3, -0.25) is 0 Å². The van der Waals surface area contributed by atoms with Crippen molar-refractivity contribution in [2.75, 3.05) is 23.7 Å². The largest absolute Gasteiger partial charge is 0.391 e. The van der Waals surface area contributed by atoms with E-state index in [1.54, 1.807) is 0 Å². The lowest BCUT2D eigenvalue weighted by molar-refractivity contribution is 0.183. The first kappa shape index (κ1) is 13.9. The zero-order valence-electron chi connectivity index (χ0n) is 10.1. The lowest BCUT2D eigenvalue weighted by atomic mass is 10.3. The quantitative estimate of drug-likeness (QED) is 0.689. The number of hydrogen-bond donors (Lipinski definition) is 3. The summed E-state index contributed by atoms with van der Waals surface area (Å²) in [4.78, 5) is 12.0. The van der Waals surface area contributed by atoms with Crippen LogP contribution in [0.1, 0.15) is 26.7 Å². The van der Waals surface area contributed by atoms with Crippen molar-refractivity contribution in [1.82, 2.24) is 15.0 Å². The van der Waals surface area contributed by atoms with Crippen molar-refractivity contribution in [3.63, 3.8) is 0 Å². The van der Waals surface area contributed by atoms with E-state index in [0.717, 1.165) is 13.0 Å². The van der Waals surface area contributed by atoms with Gasteiger partial charge in [-0.15, -0.1) is 0 Å². The highest BCUT2D eigenvalue weighted by molar-refractivity contribution is 6.28. The van der Waals surface area contributed by atoms with E-state index in [-0.39, 0.29) is 5.28 Å². The Morgan fingerprint density at radius 2 is 1.82 bits per heavy atom. The summed E-state index contributed by atoms with van der Waals surface area (Å²) in [6.07, 6.45) is 1.23. The number of aromatic nitrogens is 3. The van der Waals surface area contributed by atoms with Crippen molar-refractivity contribution in [1.29, 1.82) is 0 Å². The summed E-state index contributed by atoms with van der Waals surface area (Å²) < 4.78 is 0. The molecule has 1 unspecified atom stereocenters. The fourth-order valence-corrected chi connectivity index (χ4v) is 1.26. The van der Waals surface area contributed by atoms with Gasteiger partial charge in [0.2, 0.25) is 17.2 Å². The zero-order valence-corrected chi connectivity index (χ0v) is 10.8. The monoisotopic (exact) mass is 259 g/mol. The predicted octanol–water partition coefficient (Wildman–Crippen LogP) is 1.53. The molecular weight excluding hydrogens is 242 g/mol. The number of hydrogen-bond acceptors (Lipinski definition) is 6. The molecule has 0 saturated heterocycles. The third-order valence-electron chi connectivity index (χ3n) is 2.11. The molecule has 7 heteroatoms. The van der Waals surface area contributed by atoms with E-state index in [9.17, 15) is 5.11 Å². The van der Waals surface area contributed by atoms with E-state index in [2.05, 4.69) is 25.6 Å². The van der Waals surface area contributed by atoms with Crippen LogP contribution in [0.4, 0.5) is 11.9 Å². The summed E-state index contributed by atoms with van der Waals surface area (Å²) in [5.74, 6) is 0.816. The molecule has 1 aromatic rings. The molecule has 0 saturated carbocycles. The van der Waals surface area contributed by atoms with Gasteiger partial charge >= 0.3 is 0 Å². The topological polar surface area (TPSA) is 83.0 Å². The molecule has 0 fully saturated rings. The van der Waals surface area contributed by atoms with Crippen molar-refractivity contribution in [2.45, 2.75) is 32.8 Å². The molecule has 0 aliphatic heterocycles. The van der Waals surface area contributed by atoms with E-state index >= 15 is 0 Å². The number of aliphatic hydroxyl groups is 1. The van der Waals surface area contributed by atoms with Gasteiger partial charge in [0.1, 0.15) is 0 Å². The molecule has 1 heterocycles. The van der Waals surface area contributed by atoms with Crippen LogP contribution in [0.3, 0.4) is 0 Å². The molecule has 0 spiro atoms. The smallest absolute Gasteiger partial charge is 0.228 e.